The smallest absolute Gasteiger partial charge is 0.220 e. The predicted molar refractivity (Wildman–Crippen MR) is 327 cm³/mol. The highest BCUT2D eigenvalue weighted by Crippen LogP contribution is 2.23. The molecule has 450 valence electrons. The molecule has 1 saturated heterocycles. The van der Waals surface area contributed by atoms with Gasteiger partial charge in [-0.3, -0.25) is 4.79 Å². The van der Waals surface area contributed by atoms with Crippen LogP contribution in [0.5, 0.6) is 0 Å². The average molecular weight is 1080 g/mol. The van der Waals surface area contributed by atoms with Crippen molar-refractivity contribution in [2.75, 3.05) is 13.2 Å². The zero-order valence-electron chi connectivity index (χ0n) is 50.2. The molecule has 1 heterocycles. The highest BCUT2D eigenvalue weighted by atomic mass is 16.7. The van der Waals surface area contributed by atoms with Gasteiger partial charge in [0.15, 0.2) is 6.29 Å². The zero-order valence-corrected chi connectivity index (χ0v) is 50.2. The molecule has 1 aliphatic rings. The lowest BCUT2D eigenvalue weighted by atomic mass is 9.99. The minimum Gasteiger partial charge on any atom is -0.394 e. The van der Waals surface area contributed by atoms with Crippen LogP contribution < -0.4 is 5.32 Å². The molecular weight excluding hydrogens is 959 g/mol. The second kappa shape index (κ2) is 57.1. The SMILES string of the molecule is CC/C=C\C/C=C\C/C=C\C/C=C\C/C=C\CCCCCCCCCCCCCCCCCCCCCCCCCC(=O)NC(COC1OC(CO)C(O)C(O)C1O)C(O)CCCCCCCCCCCCCCCCC. The maximum absolute atomic E-state index is 13.1. The first-order valence-corrected chi connectivity index (χ1v) is 33.0. The minimum atomic E-state index is -1.55. The van der Waals surface area contributed by atoms with Gasteiger partial charge in [-0.2, -0.15) is 0 Å². The van der Waals surface area contributed by atoms with Crippen LogP contribution in [0, 0.1) is 0 Å². The molecule has 1 aliphatic heterocycles. The normalized spacial score (nSPS) is 19.1. The molecule has 7 atom stereocenters. The van der Waals surface area contributed by atoms with E-state index < -0.39 is 49.5 Å². The molecule has 0 aliphatic carbocycles. The third-order valence-electron chi connectivity index (χ3n) is 15.6. The van der Waals surface area contributed by atoms with Crippen molar-refractivity contribution in [2.24, 2.45) is 0 Å². The second-order valence-corrected chi connectivity index (χ2v) is 22.9. The number of unbranched alkanes of at least 4 members (excludes halogenated alkanes) is 37. The molecule has 6 N–H and O–H groups in total. The van der Waals surface area contributed by atoms with E-state index in [1.807, 2.05) is 0 Å². The molecular formula is C68H125NO8. The van der Waals surface area contributed by atoms with Crippen molar-refractivity contribution in [1.82, 2.24) is 5.32 Å². The number of carbonyl (C=O) groups is 1. The zero-order chi connectivity index (χ0) is 55.8. The van der Waals surface area contributed by atoms with Crippen LogP contribution >= 0.6 is 0 Å². The van der Waals surface area contributed by atoms with Crippen LogP contribution in [-0.4, -0.2) is 87.5 Å². The topological polar surface area (TPSA) is 149 Å². The van der Waals surface area contributed by atoms with Gasteiger partial charge in [-0.25, -0.2) is 0 Å². The molecule has 7 unspecified atom stereocenters. The summed E-state index contributed by atoms with van der Waals surface area (Å²) in [6.45, 7) is 3.75. The van der Waals surface area contributed by atoms with Gasteiger partial charge in [-0.05, 0) is 57.8 Å². The quantitative estimate of drug-likeness (QED) is 0.0261. The lowest BCUT2D eigenvalue weighted by molar-refractivity contribution is -0.302. The molecule has 0 bridgehead atoms. The molecule has 0 aromatic rings. The summed E-state index contributed by atoms with van der Waals surface area (Å²) in [5.74, 6) is -0.139. The number of amides is 1. The lowest BCUT2D eigenvalue weighted by Gasteiger charge is -2.40. The van der Waals surface area contributed by atoms with Crippen molar-refractivity contribution >= 4 is 5.91 Å². The predicted octanol–water partition coefficient (Wildman–Crippen LogP) is 17.4. The van der Waals surface area contributed by atoms with Gasteiger partial charge in [0.05, 0.1) is 25.4 Å². The van der Waals surface area contributed by atoms with E-state index in [1.165, 1.54) is 212 Å². The molecule has 0 spiro atoms. The standard InChI is InChI=1S/C68H125NO8/c1-3-5-7-9-11-13-15-17-19-20-21-22-23-24-25-26-27-28-29-30-31-32-33-34-35-36-37-38-39-40-41-42-44-46-48-50-52-54-56-58-64(72)69-61(60-76-68-67(75)66(74)65(73)63(59-70)77-68)62(71)57-55-53-51-49-47-45-43-18-16-14-12-10-8-6-4-2/h5,7,11,13,17,19,21-22,24-25,61-63,65-68,70-71,73-75H,3-4,6,8-10,12,14-16,18,20,23,26-60H2,1-2H3,(H,69,72)/b7-5-,13-11-,19-17-,22-21-,25-24-. The minimum absolute atomic E-state index is 0.135. The van der Waals surface area contributed by atoms with E-state index in [2.05, 4.69) is 79.9 Å². The number of aliphatic hydroxyl groups excluding tert-OH is 5. The highest BCUT2D eigenvalue weighted by Gasteiger charge is 2.44. The molecule has 1 amide bonds. The number of nitrogens with one attached hydrogen (secondary N) is 1. The number of hydrogen-bond donors (Lipinski definition) is 6. The van der Waals surface area contributed by atoms with Gasteiger partial charge >= 0.3 is 0 Å². The molecule has 1 fully saturated rings. The Morgan fingerprint density at radius 3 is 1.19 bits per heavy atom. The summed E-state index contributed by atoms with van der Waals surface area (Å²) in [5, 5.41) is 54.7. The van der Waals surface area contributed by atoms with Crippen LogP contribution in [0.25, 0.3) is 0 Å². The summed E-state index contributed by atoms with van der Waals surface area (Å²) < 4.78 is 11.3. The third kappa shape index (κ3) is 46.2. The van der Waals surface area contributed by atoms with E-state index in [0.717, 1.165) is 70.6 Å². The fraction of sp³-hybridized carbons (Fsp3) is 0.838. The van der Waals surface area contributed by atoms with E-state index >= 15 is 0 Å². The molecule has 9 heteroatoms. The van der Waals surface area contributed by atoms with Crippen molar-refractivity contribution in [3.63, 3.8) is 0 Å². The lowest BCUT2D eigenvalue weighted by Crippen LogP contribution is -2.60. The van der Waals surface area contributed by atoms with Crippen LogP contribution in [0.1, 0.15) is 309 Å². The summed E-state index contributed by atoms with van der Waals surface area (Å²) in [6, 6.07) is -0.718. The molecule has 9 nitrogen and oxygen atoms in total. The van der Waals surface area contributed by atoms with E-state index in [0.29, 0.717) is 12.8 Å². The van der Waals surface area contributed by atoms with Crippen LogP contribution in [0.4, 0.5) is 0 Å². The van der Waals surface area contributed by atoms with Crippen LogP contribution in [0.2, 0.25) is 0 Å². The molecule has 0 aromatic heterocycles. The van der Waals surface area contributed by atoms with Crippen LogP contribution in [0.15, 0.2) is 60.8 Å². The Bertz CT molecular complexity index is 1400. The Morgan fingerprint density at radius 2 is 0.805 bits per heavy atom. The van der Waals surface area contributed by atoms with Gasteiger partial charge in [-0.1, -0.05) is 306 Å². The maximum atomic E-state index is 13.1. The van der Waals surface area contributed by atoms with Gasteiger partial charge in [0.2, 0.25) is 5.91 Å². The fourth-order valence-electron chi connectivity index (χ4n) is 10.5. The largest absolute Gasteiger partial charge is 0.394 e. The Morgan fingerprint density at radius 1 is 0.455 bits per heavy atom. The second-order valence-electron chi connectivity index (χ2n) is 22.9. The molecule has 0 radical (unpaired) electrons. The van der Waals surface area contributed by atoms with Crippen molar-refractivity contribution in [1.29, 1.82) is 0 Å². The molecule has 0 saturated carbocycles. The monoisotopic (exact) mass is 1080 g/mol. The Hall–Kier alpha value is -2.11. The van der Waals surface area contributed by atoms with Crippen LogP contribution in [-0.2, 0) is 14.3 Å². The number of aliphatic hydroxyl groups is 5. The van der Waals surface area contributed by atoms with Crippen molar-refractivity contribution in [3.05, 3.63) is 60.8 Å². The van der Waals surface area contributed by atoms with E-state index in [1.54, 1.807) is 0 Å². The molecule has 0 aromatic carbocycles. The first-order chi connectivity index (χ1) is 37.8. The van der Waals surface area contributed by atoms with E-state index in [9.17, 15) is 30.3 Å². The number of rotatable bonds is 57. The fourth-order valence-corrected chi connectivity index (χ4v) is 10.5. The molecule has 77 heavy (non-hydrogen) atoms. The number of carbonyl (C=O) groups excluding carboxylic acids is 1. The summed E-state index contributed by atoms with van der Waals surface area (Å²) >= 11 is 0. The number of allylic oxidation sites excluding steroid dienone is 10. The first kappa shape index (κ1) is 72.9. The van der Waals surface area contributed by atoms with Crippen molar-refractivity contribution in [3.8, 4) is 0 Å². The first-order valence-electron chi connectivity index (χ1n) is 33.0. The Kier molecular flexibility index (Phi) is 54.1. The van der Waals surface area contributed by atoms with Gasteiger partial charge in [0.25, 0.3) is 0 Å². The van der Waals surface area contributed by atoms with Gasteiger partial charge in [0, 0.05) is 6.42 Å². The van der Waals surface area contributed by atoms with E-state index in [-0.39, 0.29) is 12.5 Å². The summed E-state index contributed by atoms with van der Waals surface area (Å²) in [7, 11) is 0. The average Bonchev–Trinajstić information content (AvgIpc) is 3.43. The molecule has 1 rings (SSSR count). The highest BCUT2D eigenvalue weighted by molar-refractivity contribution is 5.76. The van der Waals surface area contributed by atoms with Gasteiger partial charge < -0.3 is 40.3 Å². The maximum Gasteiger partial charge on any atom is 0.220 e. The van der Waals surface area contributed by atoms with Crippen molar-refractivity contribution in [2.45, 2.75) is 352 Å². The third-order valence-corrected chi connectivity index (χ3v) is 15.6. The Balaban J connectivity index is 2.04. The Labute approximate surface area is 475 Å². The van der Waals surface area contributed by atoms with Gasteiger partial charge in [-0.15, -0.1) is 0 Å². The number of hydrogen-bond acceptors (Lipinski definition) is 8. The number of ether oxygens (including phenoxy) is 2. The summed E-state index contributed by atoms with van der Waals surface area (Å²) in [4.78, 5) is 13.1. The summed E-state index contributed by atoms with van der Waals surface area (Å²) in [5.41, 5.74) is 0. The summed E-state index contributed by atoms with van der Waals surface area (Å²) in [6.07, 6.45) is 71.4. The van der Waals surface area contributed by atoms with E-state index in [4.69, 9.17) is 9.47 Å². The van der Waals surface area contributed by atoms with Crippen molar-refractivity contribution < 1.29 is 39.8 Å². The van der Waals surface area contributed by atoms with Gasteiger partial charge in [0.1, 0.15) is 24.4 Å². The van der Waals surface area contributed by atoms with Crippen LogP contribution in [0.3, 0.4) is 0 Å².